The van der Waals surface area contributed by atoms with Crippen LogP contribution in [0, 0.1) is 5.92 Å². The first-order valence-electron chi connectivity index (χ1n) is 9.45. The molecule has 1 aromatic carbocycles. The molecule has 0 spiro atoms. The lowest BCUT2D eigenvalue weighted by Crippen LogP contribution is -2.55. The molecule has 9 heteroatoms. The molecule has 0 saturated carbocycles. The third kappa shape index (κ3) is 9.20. The highest BCUT2D eigenvalue weighted by Crippen LogP contribution is 2.08. The van der Waals surface area contributed by atoms with Gasteiger partial charge in [0.1, 0.15) is 12.1 Å². The number of rotatable bonds is 12. The van der Waals surface area contributed by atoms with Crippen molar-refractivity contribution < 1.29 is 29.4 Å². The van der Waals surface area contributed by atoms with Crippen molar-refractivity contribution in [2.45, 2.75) is 57.7 Å². The van der Waals surface area contributed by atoms with Crippen LogP contribution in [0.4, 0.5) is 0 Å². The summed E-state index contributed by atoms with van der Waals surface area (Å²) in [6.07, 6.45) is 0.0417. The number of aliphatic carboxylic acids is 2. The summed E-state index contributed by atoms with van der Waals surface area (Å²) in [7, 11) is 0. The molecule has 6 N–H and O–H groups in total. The van der Waals surface area contributed by atoms with Crippen LogP contribution in [0.15, 0.2) is 30.3 Å². The van der Waals surface area contributed by atoms with E-state index in [1.165, 1.54) is 0 Å². The maximum atomic E-state index is 12.7. The largest absolute Gasteiger partial charge is 0.481 e. The number of hydrogen-bond acceptors (Lipinski definition) is 5. The summed E-state index contributed by atoms with van der Waals surface area (Å²) in [6.45, 7) is 3.71. The van der Waals surface area contributed by atoms with Gasteiger partial charge in [0, 0.05) is 12.8 Å². The number of amides is 2. The van der Waals surface area contributed by atoms with Gasteiger partial charge in [0.05, 0.1) is 6.04 Å². The summed E-state index contributed by atoms with van der Waals surface area (Å²) in [4.78, 5) is 47.1. The van der Waals surface area contributed by atoms with Crippen LogP contribution in [0.3, 0.4) is 0 Å². The van der Waals surface area contributed by atoms with Crippen molar-refractivity contribution in [3.8, 4) is 0 Å². The summed E-state index contributed by atoms with van der Waals surface area (Å²) in [5.41, 5.74) is 6.45. The molecule has 2 amide bonds. The van der Waals surface area contributed by atoms with E-state index < -0.39 is 41.9 Å². The Hall–Kier alpha value is -2.94. The summed E-state index contributed by atoms with van der Waals surface area (Å²) < 4.78 is 0. The fourth-order valence-electron chi connectivity index (χ4n) is 2.71. The molecule has 1 aromatic rings. The summed E-state index contributed by atoms with van der Waals surface area (Å²) in [5, 5.41) is 23.2. The van der Waals surface area contributed by atoms with Crippen molar-refractivity contribution in [3.63, 3.8) is 0 Å². The van der Waals surface area contributed by atoms with Gasteiger partial charge in [-0.15, -0.1) is 0 Å². The average Bonchev–Trinajstić information content (AvgIpc) is 2.65. The average molecular weight is 407 g/mol. The summed E-state index contributed by atoms with van der Waals surface area (Å²) in [5.74, 6) is -3.49. The van der Waals surface area contributed by atoms with Crippen LogP contribution in [-0.4, -0.2) is 52.1 Å². The maximum absolute atomic E-state index is 12.7. The second-order valence-electron chi connectivity index (χ2n) is 7.32. The van der Waals surface area contributed by atoms with Gasteiger partial charge in [-0.2, -0.15) is 0 Å². The quantitative estimate of drug-likeness (QED) is 0.338. The predicted molar refractivity (Wildman–Crippen MR) is 106 cm³/mol. The molecule has 1 rings (SSSR count). The van der Waals surface area contributed by atoms with Gasteiger partial charge in [-0.3, -0.25) is 14.4 Å². The Morgan fingerprint density at radius 3 is 2.07 bits per heavy atom. The van der Waals surface area contributed by atoms with Crippen LogP contribution in [0.1, 0.15) is 38.7 Å². The lowest BCUT2D eigenvalue weighted by molar-refractivity contribution is -0.142. The van der Waals surface area contributed by atoms with Crippen LogP contribution >= 0.6 is 0 Å². The predicted octanol–water partition coefficient (Wildman–Crippen LogP) is 0.522. The number of hydrogen-bond donors (Lipinski definition) is 5. The Morgan fingerprint density at radius 1 is 0.966 bits per heavy atom. The highest BCUT2D eigenvalue weighted by molar-refractivity contribution is 5.92. The van der Waals surface area contributed by atoms with Crippen molar-refractivity contribution in [2.24, 2.45) is 11.7 Å². The van der Waals surface area contributed by atoms with Crippen molar-refractivity contribution >= 4 is 23.8 Å². The molecule has 0 aromatic heterocycles. The zero-order valence-electron chi connectivity index (χ0n) is 16.6. The first-order valence-corrected chi connectivity index (χ1v) is 9.45. The number of carboxylic acid groups (broad SMARTS) is 2. The zero-order valence-corrected chi connectivity index (χ0v) is 16.6. The summed E-state index contributed by atoms with van der Waals surface area (Å²) in [6, 6.07) is 5.67. The molecular weight excluding hydrogens is 378 g/mol. The number of carboxylic acids is 2. The highest BCUT2D eigenvalue weighted by Gasteiger charge is 2.28. The number of benzene rings is 1. The fourth-order valence-corrected chi connectivity index (χ4v) is 2.71. The van der Waals surface area contributed by atoms with E-state index >= 15 is 0 Å². The Kier molecular flexibility index (Phi) is 9.81. The van der Waals surface area contributed by atoms with Gasteiger partial charge < -0.3 is 26.6 Å². The molecule has 9 nitrogen and oxygen atoms in total. The number of nitrogens with two attached hydrogens (primary N) is 1. The van der Waals surface area contributed by atoms with Gasteiger partial charge in [-0.1, -0.05) is 44.2 Å². The first-order chi connectivity index (χ1) is 13.6. The Morgan fingerprint density at radius 2 is 1.55 bits per heavy atom. The van der Waals surface area contributed by atoms with Gasteiger partial charge in [0.15, 0.2) is 0 Å². The van der Waals surface area contributed by atoms with E-state index in [9.17, 15) is 24.3 Å². The number of carbonyl (C=O) groups excluding carboxylic acids is 2. The third-order valence-corrected chi connectivity index (χ3v) is 4.24. The number of carbonyl (C=O) groups is 4. The molecule has 0 bridgehead atoms. The van der Waals surface area contributed by atoms with Crippen LogP contribution in [0.5, 0.6) is 0 Å². The lowest BCUT2D eigenvalue weighted by Gasteiger charge is -2.24. The molecule has 0 radical (unpaired) electrons. The van der Waals surface area contributed by atoms with Crippen molar-refractivity contribution in [1.29, 1.82) is 0 Å². The fraction of sp³-hybridized carbons (Fsp3) is 0.500. The highest BCUT2D eigenvalue weighted by atomic mass is 16.4. The van der Waals surface area contributed by atoms with Gasteiger partial charge >= 0.3 is 11.9 Å². The van der Waals surface area contributed by atoms with Crippen molar-refractivity contribution in [2.75, 3.05) is 0 Å². The molecule has 0 saturated heterocycles. The van der Waals surface area contributed by atoms with E-state index in [0.717, 1.165) is 5.56 Å². The lowest BCUT2D eigenvalue weighted by atomic mass is 10.0. The minimum Gasteiger partial charge on any atom is -0.481 e. The van der Waals surface area contributed by atoms with Crippen LogP contribution in [-0.2, 0) is 25.6 Å². The second kappa shape index (κ2) is 11.8. The maximum Gasteiger partial charge on any atom is 0.326 e. The van der Waals surface area contributed by atoms with E-state index in [0.29, 0.717) is 0 Å². The molecule has 0 unspecified atom stereocenters. The molecule has 0 fully saturated rings. The number of nitrogens with one attached hydrogen (secondary N) is 2. The van der Waals surface area contributed by atoms with E-state index in [2.05, 4.69) is 10.6 Å². The monoisotopic (exact) mass is 407 g/mol. The summed E-state index contributed by atoms with van der Waals surface area (Å²) >= 11 is 0. The normalized spacial score (nSPS) is 13.9. The zero-order chi connectivity index (χ0) is 22.0. The third-order valence-electron chi connectivity index (χ3n) is 4.24. The van der Waals surface area contributed by atoms with Crippen LogP contribution in [0.2, 0.25) is 0 Å². The topological polar surface area (TPSA) is 159 Å². The standard InChI is InChI=1S/C20H29N3O6/c1-12(2)10-15(22-18(26)14(21)8-9-17(24)25)19(27)23-16(20(28)29)11-13-6-4-3-5-7-13/h3-7,12,14-16H,8-11,21H2,1-2H3,(H,22,26)(H,23,27)(H,24,25)(H,28,29)/t14-,15-,16-/m0/s1. The Balaban J connectivity index is 2.81. The molecule has 0 aliphatic rings. The van der Waals surface area contributed by atoms with E-state index in [-0.39, 0.29) is 31.6 Å². The SMILES string of the molecule is CC(C)C[C@H](NC(=O)[C@@H](N)CCC(=O)O)C(=O)N[C@@H](Cc1ccccc1)C(=O)O. The smallest absolute Gasteiger partial charge is 0.326 e. The minimum absolute atomic E-state index is 0.0405. The molecule has 0 aliphatic carbocycles. The Labute approximate surface area is 169 Å². The van der Waals surface area contributed by atoms with Crippen molar-refractivity contribution in [1.82, 2.24) is 10.6 Å². The minimum atomic E-state index is -1.19. The molecule has 3 atom stereocenters. The van der Waals surface area contributed by atoms with Crippen LogP contribution < -0.4 is 16.4 Å². The van der Waals surface area contributed by atoms with E-state index in [1.54, 1.807) is 30.3 Å². The van der Waals surface area contributed by atoms with Gasteiger partial charge in [-0.05, 0) is 24.3 Å². The first kappa shape index (κ1) is 24.1. The van der Waals surface area contributed by atoms with Gasteiger partial charge in [0.25, 0.3) is 0 Å². The van der Waals surface area contributed by atoms with E-state index in [1.807, 2.05) is 13.8 Å². The molecule has 0 aliphatic heterocycles. The van der Waals surface area contributed by atoms with E-state index in [4.69, 9.17) is 10.8 Å². The van der Waals surface area contributed by atoms with Gasteiger partial charge in [-0.25, -0.2) is 4.79 Å². The molecular formula is C20H29N3O6. The molecule has 29 heavy (non-hydrogen) atoms. The molecule has 0 heterocycles. The second-order valence-corrected chi connectivity index (χ2v) is 7.32. The van der Waals surface area contributed by atoms with Crippen LogP contribution in [0.25, 0.3) is 0 Å². The molecule has 160 valence electrons. The van der Waals surface area contributed by atoms with Gasteiger partial charge in [0.2, 0.25) is 11.8 Å². The van der Waals surface area contributed by atoms with Crippen molar-refractivity contribution in [3.05, 3.63) is 35.9 Å². The Bertz CT molecular complexity index is 707.